The van der Waals surface area contributed by atoms with Gasteiger partial charge in [0.25, 0.3) is 0 Å². The maximum atomic E-state index is 12.4. The molecular weight excluding hydrogens is 230 g/mol. The number of nitrogens with one attached hydrogen (secondary N) is 1. The van der Waals surface area contributed by atoms with Gasteiger partial charge in [0.15, 0.2) is 0 Å². The number of nitrogens with zero attached hydrogens (tertiary/aromatic N) is 2. The van der Waals surface area contributed by atoms with E-state index in [4.69, 9.17) is 4.74 Å². The summed E-state index contributed by atoms with van der Waals surface area (Å²) in [4.78, 5) is 16.6. The van der Waals surface area contributed by atoms with Crippen LogP contribution in [0.15, 0.2) is 0 Å². The Balaban J connectivity index is 1.89. The first-order valence-electron chi connectivity index (χ1n) is 6.91. The molecule has 0 saturated carbocycles. The van der Waals surface area contributed by atoms with Crippen LogP contribution < -0.4 is 5.32 Å². The molecule has 2 saturated heterocycles. The standard InChI is InChI=1S/C13H25N3O2/c1-13(2)11-18-9-8-16(13)12(17)10-15-6-3-4-14-5-7-15/h14H,3-11H2,1-2H3. The number of hydrogen-bond acceptors (Lipinski definition) is 4. The molecule has 0 bridgehead atoms. The smallest absolute Gasteiger partial charge is 0.237 e. The normalized spacial score (nSPS) is 25.8. The van der Waals surface area contributed by atoms with Crippen LogP contribution in [0.4, 0.5) is 0 Å². The van der Waals surface area contributed by atoms with Crippen molar-refractivity contribution in [3.05, 3.63) is 0 Å². The van der Waals surface area contributed by atoms with Crippen LogP contribution in [0.2, 0.25) is 0 Å². The van der Waals surface area contributed by atoms with Crippen molar-refractivity contribution >= 4 is 5.91 Å². The van der Waals surface area contributed by atoms with Crippen molar-refractivity contribution in [2.75, 3.05) is 52.5 Å². The predicted octanol–water partition coefficient (Wildman–Crippen LogP) is -0.0809. The summed E-state index contributed by atoms with van der Waals surface area (Å²) < 4.78 is 5.46. The Morgan fingerprint density at radius 3 is 2.89 bits per heavy atom. The first-order valence-corrected chi connectivity index (χ1v) is 6.91. The van der Waals surface area contributed by atoms with E-state index in [9.17, 15) is 4.79 Å². The van der Waals surface area contributed by atoms with Gasteiger partial charge in [-0.1, -0.05) is 0 Å². The predicted molar refractivity (Wildman–Crippen MR) is 70.5 cm³/mol. The fourth-order valence-corrected chi connectivity index (χ4v) is 2.66. The fourth-order valence-electron chi connectivity index (χ4n) is 2.66. The second-order valence-corrected chi connectivity index (χ2v) is 5.79. The van der Waals surface area contributed by atoms with Crippen LogP contribution in [0.1, 0.15) is 20.3 Å². The van der Waals surface area contributed by atoms with E-state index in [1.54, 1.807) is 0 Å². The number of ether oxygens (including phenoxy) is 1. The molecule has 0 aromatic carbocycles. The number of carbonyl (C=O) groups excluding carboxylic acids is 1. The third-order valence-electron chi connectivity index (χ3n) is 3.74. The van der Waals surface area contributed by atoms with Crippen molar-refractivity contribution in [2.45, 2.75) is 25.8 Å². The minimum atomic E-state index is -0.167. The fraction of sp³-hybridized carbons (Fsp3) is 0.923. The number of hydrogen-bond donors (Lipinski definition) is 1. The van der Waals surface area contributed by atoms with Crippen LogP contribution >= 0.6 is 0 Å². The molecule has 0 atom stereocenters. The van der Waals surface area contributed by atoms with E-state index in [1.807, 2.05) is 4.90 Å². The molecule has 5 heteroatoms. The van der Waals surface area contributed by atoms with E-state index in [-0.39, 0.29) is 11.4 Å². The van der Waals surface area contributed by atoms with Crippen LogP contribution in [0, 0.1) is 0 Å². The van der Waals surface area contributed by atoms with Gasteiger partial charge in [0.05, 0.1) is 25.3 Å². The van der Waals surface area contributed by atoms with Gasteiger partial charge in [-0.05, 0) is 33.4 Å². The summed E-state index contributed by atoms with van der Waals surface area (Å²) in [5.74, 6) is 0.241. The molecule has 0 aromatic rings. The molecule has 0 spiro atoms. The Hall–Kier alpha value is -0.650. The summed E-state index contributed by atoms with van der Waals surface area (Å²) in [5.41, 5.74) is -0.167. The zero-order chi connectivity index (χ0) is 13.0. The molecule has 2 fully saturated rings. The number of carbonyl (C=O) groups is 1. The molecule has 5 nitrogen and oxygen atoms in total. The van der Waals surface area contributed by atoms with Crippen molar-refractivity contribution in [1.82, 2.24) is 15.1 Å². The van der Waals surface area contributed by atoms with E-state index in [1.165, 1.54) is 0 Å². The Morgan fingerprint density at radius 1 is 1.28 bits per heavy atom. The number of amides is 1. The molecule has 2 rings (SSSR count). The second-order valence-electron chi connectivity index (χ2n) is 5.79. The monoisotopic (exact) mass is 255 g/mol. The van der Waals surface area contributed by atoms with Gasteiger partial charge in [0.1, 0.15) is 0 Å². The summed E-state index contributed by atoms with van der Waals surface area (Å²) >= 11 is 0. The van der Waals surface area contributed by atoms with Crippen molar-refractivity contribution in [3.63, 3.8) is 0 Å². The van der Waals surface area contributed by atoms with E-state index in [0.29, 0.717) is 19.8 Å². The topological polar surface area (TPSA) is 44.8 Å². The number of rotatable bonds is 2. The highest BCUT2D eigenvalue weighted by molar-refractivity contribution is 5.79. The van der Waals surface area contributed by atoms with E-state index < -0.39 is 0 Å². The van der Waals surface area contributed by atoms with Gasteiger partial charge in [-0.15, -0.1) is 0 Å². The summed E-state index contributed by atoms with van der Waals surface area (Å²) in [6.45, 7) is 10.8. The van der Waals surface area contributed by atoms with Crippen molar-refractivity contribution in [3.8, 4) is 0 Å². The highest BCUT2D eigenvalue weighted by Crippen LogP contribution is 2.19. The molecule has 1 N–H and O–H groups in total. The quantitative estimate of drug-likeness (QED) is 0.749. The Labute approximate surface area is 109 Å². The molecular formula is C13H25N3O2. The van der Waals surface area contributed by atoms with Gasteiger partial charge in [-0.3, -0.25) is 9.69 Å². The maximum absolute atomic E-state index is 12.4. The lowest BCUT2D eigenvalue weighted by molar-refractivity contribution is -0.147. The summed E-state index contributed by atoms with van der Waals surface area (Å²) in [6, 6.07) is 0. The van der Waals surface area contributed by atoms with Gasteiger partial charge in [-0.2, -0.15) is 0 Å². The molecule has 2 heterocycles. The van der Waals surface area contributed by atoms with E-state index >= 15 is 0 Å². The molecule has 0 unspecified atom stereocenters. The molecule has 2 aliphatic heterocycles. The van der Waals surface area contributed by atoms with E-state index in [0.717, 1.165) is 39.1 Å². The molecule has 2 aliphatic rings. The molecule has 0 aromatic heterocycles. The van der Waals surface area contributed by atoms with Crippen LogP contribution in [0.25, 0.3) is 0 Å². The van der Waals surface area contributed by atoms with E-state index in [2.05, 4.69) is 24.1 Å². The minimum absolute atomic E-state index is 0.167. The molecule has 104 valence electrons. The third-order valence-corrected chi connectivity index (χ3v) is 3.74. The highest BCUT2D eigenvalue weighted by atomic mass is 16.5. The lowest BCUT2D eigenvalue weighted by Gasteiger charge is -2.42. The lowest BCUT2D eigenvalue weighted by atomic mass is 10.0. The average Bonchev–Trinajstić information content (AvgIpc) is 2.57. The molecule has 1 amide bonds. The van der Waals surface area contributed by atoms with Gasteiger partial charge in [-0.25, -0.2) is 0 Å². The SMILES string of the molecule is CC1(C)COCCN1C(=O)CN1CCCNCC1. The summed E-state index contributed by atoms with van der Waals surface area (Å²) in [6.07, 6.45) is 1.12. The first kappa shape index (κ1) is 13.8. The van der Waals surface area contributed by atoms with Gasteiger partial charge in [0, 0.05) is 19.6 Å². The van der Waals surface area contributed by atoms with Gasteiger partial charge >= 0.3 is 0 Å². The van der Waals surface area contributed by atoms with Crippen LogP contribution in [-0.4, -0.2) is 73.7 Å². The maximum Gasteiger partial charge on any atom is 0.237 e. The van der Waals surface area contributed by atoms with Crippen molar-refractivity contribution < 1.29 is 9.53 Å². The second kappa shape index (κ2) is 5.99. The summed E-state index contributed by atoms with van der Waals surface area (Å²) in [7, 11) is 0. The van der Waals surface area contributed by atoms with Crippen LogP contribution in [-0.2, 0) is 9.53 Å². The van der Waals surface area contributed by atoms with Gasteiger partial charge < -0.3 is 15.0 Å². The zero-order valence-corrected chi connectivity index (χ0v) is 11.6. The Kier molecular flexibility index (Phi) is 4.59. The van der Waals surface area contributed by atoms with Gasteiger partial charge in [0.2, 0.25) is 5.91 Å². The third kappa shape index (κ3) is 3.43. The molecule has 0 aliphatic carbocycles. The molecule has 18 heavy (non-hydrogen) atoms. The summed E-state index contributed by atoms with van der Waals surface area (Å²) in [5, 5.41) is 3.36. The largest absolute Gasteiger partial charge is 0.377 e. The Morgan fingerprint density at radius 2 is 2.11 bits per heavy atom. The average molecular weight is 255 g/mol. The zero-order valence-electron chi connectivity index (χ0n) is 11.6. The lowest BCUT2D eigenvalue weighted by Crippen LogP contribution is -2.57. The Bertz CT molecular complexity index is 286. The highest BCUT2D eigenvalue weighted by Gasteiger charge is 2.34. The van der Waals surface area contributed by atoms with Crippen molar-refractivity contribution in [1.29, 1.82) is 0 Å². The van der Waals surface area contributed by atoms with Crippen LogP contribution in [0.3, 0.4) is 0 Å². The molecule has 0 radical (unpaired) electrons. The van der Waals surface area contributed by atoms with Crippen LogP contribution in [0.5, 0.6) is 0 Å². The first-order chi connectivity index (χ1) is 8.59. The number of morpholine rings is 1. The van der Waals surface area contributed by atoms with Crippen molar-refractivity contribution in [2.24, 2.45) is 0 Å². The minimum Gasteiger partial charge on any atom is -0.377 e.